The zero-order chi connectivity index (χ0) is 22.9. The Bertz CT molecular complexity index is 1140. The molecule has 0 amide bonds. The minimum absolute atomic E-state index is 0.540. The number of ether oxygens (including phenoxy) is 2. The van der Waals surface area contributed by atoms with Gasteiger partial charge in [0.2, 0.25) is 5.95 Å². The Hall–Kier alpha value is -2.57. The molecule has 3 aromatic rings. The highest BCUT2D eigenvalue weighted by Crippen LogP contribution is 2.32. The number of anilines is 4. The Morgan fingerprint density at radius 2 is 1.71 bits per heavy atom. The molecule has 0 saturated carbocycles. The molecule has 6 rings (SSSR count). The number of likely N-dealkylation sites (tertiary alicyclic amines) is 1. The van der Waals surface area contributed by atoms with Gasteiger partial charge in [0.25, 0.3) is 0 Å². The number of hydrogen-bond acceptors (Lipinski definition) is 11. The fourth-order valence-corrected chi connectivity index (χ4v) is 5.71. The van der Waals surface area contributed by atoms with Gasteiger partial charge in [-0.05, 0) is 12.1 Å². The van der Waals surface area contributed by atoms with Crippen molar-refractivity contribution in [2.45, 2.75) is 12.6 Å². The summed E-state index contributed by atoms with van der Waals surface area (Å²) in [6, 6.07) is 8.30. The molecule has 34 heavy (non-hydrogen) atoms. The third kappa shape index (κ3) is 4.53. The van der Waals surface area contributed by atoms with Gasteiger partial charge >= 0.3 is 0 Å². The van der Waals surface area contributed by atoms with Crippen LogP contribution in [0.15, 0.2) is 24.3 Å². The van der Waals surface area contributed by atoms with Crippen LogP contribution in [0.5, 0.6) is 0 Å². The zero-order valence-electron chi connectivity index (χ0n) is 19.2. The van der Waals surface area contributed by atoms with Crippen molar-refractivity contribution in [1.82, 2.24) is 24.8 Å². The van der Waals surface area contributed by atoms with E-state index >= 15 is 0 Å². The zero-order valence-corrected chi connectivity index (χ0v) is 20.0. The van der Waals surface area contributed by atoms with E-state index in [0.29, 0.717) is 30.9 Å². The van der Waals surface area contributed by atoms with E-state index in [1.54, 1.807) is 11.3 Å². The normalized spacial score (nSPS) is 20.5. The molecule has 5 heterocycles. The van der Waals surface area contributed by atoms with Crippen molar-refractivity contribution in [2.75, 3.05) is 81.6 Å². The Morgan fingerprint density at radius 1 is 0.971 bits per heavy atom. The molecule has 3 aliphatic rings. The maximum Gasteiger partial charge on any atom is 0.230 e. The van der Waals surface area contributed by atoms with Crippen LogP contribution in [0.4, 0.5) is 23.1 Å². The average molecular weight is 483 g/mol. The number of fused-ring (bicyclic) bond motifs is 1. The van der Waals surface area contributed by atoms with Crippen LogP contribution in [-0.4, -0.2) is 96.5 Å². The summed E-state index contributed by atoms with van der Waals surface area (Å²) in [6.45, 7) is 9.75. The number of benzene rings is 1. The van der Waals surface area contributed by atoms with Crippen LogP contribution in [-0.2, 0) is 16.0 Å². The Kier molecular flexibility index (Phi) is 6.18. The summed E-state index contributed by atoms with van der Waals surface area (Å²) in [7, 11) is 0. The van der Waals surface area contributed by atoms with Crippen LogP contribution < -0.4 is 16.0 Å². The van der Waals surface area contributed by atoms with Crippen LogP contribution >= 0.6 is 11.3 Å². The van der Waals surface area contributed by atoms with Crippen molar-refractivity contribution < 1.29 is 9.47 Å². The van der Waals surface area contributed by atoms with Crippen LogP contribution in [0.25, 0.3) is 10.3 Å². The molecule has 0 unspecified atom stereocenters. The van der Waals surface area contributed by atoms with Gasteiger partial charge in [-0.25, -0.2) is 4.98 Å². The first-order valence-electron chi connectivity index (χ1n) is 11.9. The molecule has 3 N–H and O–H groups in total. The van der Waals surface area contributed by atoms with Crippen LogP contribution in [0.3, 0.4) is 0 Å². The second kappa shape index (κ2) is 9.59. The van der Waals surface area contributed by atoms with E-state index in [4.69, 9.17) is 30.2 Å². The lowest BCUT2D eigenvalue weighted by Crippen LogP contribution is -2.60. The molecule has 0 aliphatic carbocycles. The molecule has 11 heteroatoms. The summed E-state index contributed by atoms with van der Waals surface area (Å²) in [5, 5.41) is 4.39. The number of hydrogen-bond donors (Lipinski definition) is 2. The Labute approximate surface area is 202 Å². The summed E-state index contributed by atoms with van der Waals surface area (Å²) < 4.78 is 11.1. The maximum atomic E-state index is 6.14. The lowest BCUT2D eigenvalue weighted by molar-refractivity contribution is -0.0344. The van der Waals surface area contributed by atoms with E-state index in [2.05, 4.69) is 20.0 Å². The van der Waals surface area contributed by atoms with E-state index in [0.717, 1.165) is 85.9 Å². The van der Waals surface area contributed by atoms with Crippen molar-refractivity contribution in [3.05, 3.63) is 29.3 Å². The highest BCUT2D eigenvalue weighted by molar-refractivity contribution is 7.18. The van der Waals surface area contributed by atoms with E-state index in [1.165, 1.54) is 0 Å². The number of aromatic nitrogens is 3. The van der Waals surface area contributed by atoms with E-state index < -0.39 is 0 Å². The van der Waals surface area contributed by atoms with E-state index in [-0.39, 0.29) is 0 Å². The third-order valence-electron chi connectivity index (χ3n) is 6.66. The van der Waals surface area contributed by atoms with Crippen molar-refractivity contribution in [3.8, 4) is 0 Å². The van der Waals surface area contributed by atoms with Crippen molar-refractivity contribution in [2.24, 2.45) is 0 Å². The topological polar surface area (TPSA) is 105 Å². The van der Waals surface area contributed by atoms with E-state index in [1.807, 2.05) is 24.3 Å². The molecule has 3 aliphatic heterocycles. The van der Waals surface area contributed by atoms with Gasteiger partial charge in [-0.15, -0.1) is 0 Å². The van der Waals surface area contributed by atoms with Crippen molar-refractivity contribution >= 4 is 44.8 Å². The highest BCUT2D eigenvalue weighted by atomic mass is 32.1. The maximum absolute atomic E-state index is 6.14. The van der Waals surface area contributed by atoms with Gasteiger partial charge in [0, 0.05) is 45.3 Å². The first-order chi connectivity index (χ1) is 16.7. The molecule has 2 aromatic heterocycles. The van der Waals surface area contributed by atoms with Crippen LogP contribution in [0, 0.1) is 0 Å². The molecule has 1 aromatic carbocycles. The standard InChI is InChI=1S/C23H30N8O2S/c24-17-3-1-2-4-18(17)25-23-27-21(31-7-11-33-12-8-31)20-22(28-23)34-19(26-20)15-29-13-16(14-29)30-5-9-32-10-6-30/h1-4,16H,5-15,24H2,(H,25,27,28). The summed E-state index contributed by atoms with van der Waals surface area (Å²) >= 11 is 1.65. The van der Waals surface area contributed by atoms with Gasteiger partial charge in [0.1, 0.15) is 10.5 Å². The fraction of sp³-hybridized carbons (Fsp3) is 0.522. The molecule has 0 bridgehead atoms. The molecular formula is C23H30N8O2S. The predicted molar refractivity (Wildman–Crippen MR) is 134 cm³/mol. The first kappa shape index (κ1) is 21.9. The van der Waals surface area contributed by atoms with Gasteiger partial charge in [-0.3, -0.25) is 9.80 Å². The summed E-state index contributed by atoms with van der Waals surface area (Å²) in [5.74, 6) is 1.40. The lowest BCUT2D eigenvalue weighted by atomic mass is 10.1. The largest absolute Gasteiger partial charge is 0.397 e. The molecular weight excluding hydrogens is 452 g/mol. The van der Waals surface area contributed by atoms with E-state index in [9.17, 15) is 0 Å². The number of nitrogens with two attached hydrogens (primary N) is 1. The van der Waals surface area contributed by atoms with Crippen molar-refractivity contribution in [1.29, 1.82) is 0 Å². The minimum atomic E-state index is 0.540. The molecule has 0 radical (unpaired) electrons. The summed E-state index contributed by atoms with van der Waals surface area (Å²) in [6.07, 6.45) is 0. The molecule has 3 fully saturated rings. The highest BCUT2D eigenvalue weighted by Gasteiger charge is 2.33. The Morgan fingerprint density at radius 3 is 2.47 bits per heavy atom. The smallest absolute Gasteiger partial charge is 0.230 e. The average Bonchev–Trinajstić information content (AvgIpc) is 3.26. The van der Waals surface area contributed by atoms with Crippen LogP contribution in [0.2, 0.25) is 0 Å². The van der Waals surface area contributed by atoms with Gasteiger partial charge in [0.05, 0.1) is 44.3 Å². The third-order valence-corrected chi connectivity index (χ3v) is 7.60. The number of morpholine rings is 2. The second-order valence-corrected chi connectivity index (χ2v) is 10.0. The summed E-state index contributed by atoms with van der Waals surface area (Å²) in [4.78, 5) is 22.8. The number of rotatable bonds is 6. The first-order valence-corrected chi connectivity index (χ1v) is 12.7. The van der Waals surface area contributed by atoms with Gasteiger partial charge < -0.3 is 25.4 Å². The summed E-state index contributed by atoms with van der Waals surface area (Å²) in [5.41, 5.74) is 8.47. The second-order valence-electron chi connectivity index (χ2n) is 8.94. The monoisotopic (exact) mass is 482 g/mol. The van der Waals surface area contributed by atoms with Gasteiger partial charge in [-0.1, -0.05) is 23.5 Å². The van der Waals surface area contributed by atoms with Crippen molar-refractivity contribution in [3.63, 3.8) is 0 Å². The SMILES string of the molecule is Nc1ccccc1Nc1nc(N2CCOCC2)c2nc(CN3CC(N4CCOCC4)C3)sc2n1. The predicted octanol–water partition coefficient (Wildman–Crippen LogP) is 1.77. The molecule has 180 valence electrons. The molecule has 3 saturated heterocycles. The number of nitrogens with zero attached hydrogens (tertiary/aromatic N) is 6. The molecule has 10 nitrogen and oxygen atoms in total. The molecule has 0 atom stereocenters. The fourth-order valence-electron chi connectivity index (χ4n) is 4.74. The number of thiazole rings is 1. The lowest BCUT2D eigenvalue weighted by Gasteiger charge is -2.46. The van der Waals surface area contributed by atoms with Gasteiger partial charge in [-0.2, -0.15) is 9.97 Å². The number of nitrogen functional groups attached to an aromatic ring is 1. The molecule has 0 spiro atoms. The number of nitrogens with one attached hydrogen (secondary N) is 1. The quantitative estimate of drug-likeness (QED) is 0.505. The Balaban J connectivity index is 1.23. The number of para-hydroxylation sites is 2. The van der Waals surface area contributed by atoms with Gasteiger partial charge in [0.15, 0.2) is 10.6 Å². The minimum Gasteiger partial charge on any atom is -0.397 e. The van der Waals surface area contributed by atoms with Crippen LogP contribution in [0.1, 0.15) is 5.01 Å².